The van der Waals surface area contributed by atoms with Crippen LogP contribution in [-0.4, -0.2) is 42.8 Å². The Labute approximate surface area is 184 Å². The normalized spacial score (nSPS) is 22.2. The Hall–Kier alpha value is -1.50. The molecule has 1 aromatic rings. The number of benzene rings is 1. The number of thioether (sulfide) groups is 1. The number of aromatic hydroxyl groups is 1. The molecule has 6 heteroatoms. The van der Waals surface area contributed by atoms with Crippen LogP contribution >= 0.6 is 11.8 Å². The molecule has 1 amide bonds. The van der Waals surface area contributed by atoms with E-state index in [0.29, 0.717) is 23.8 Å². The minimum absolute atomic E-state index is 0.0322. The predicted octanol–water partition coefficient (Wildman–Crippen LogP) is 4.71. The van der Waals surface area contributed by atoms with Crippen molar-refractivity contribution < 1.29 is 19.4 Å². The summed E-state index contributed by atoms with van der Waals surface area (Å²) in [4.78, 5) is 12.9. The van der Waals surface area contributed by atoms with Gasteiger partial charge in [-0.3, -0.25) is 4.79 Å². The van der Waals surface area contributed by atoms with Gasteiger partial charge in [0.2, 0.25) is 0 Å². The maximum Gasteiger partial charge on any atom is 0.257 e. The molecule has 3 rings (SSSR count). The minimum atomic E-state index is -0.415. The zero-order valence-corrected chi connectivity index (χ0v) is 19.7. The molecule has 1 unspecified atom stereocenters. The fourth-order valence-electron chi connectivity index (χ4n) is 3.79. The molecule has 30 heavy (non-hydrogen) atoms. The lowest BCUT2D eigenvalue weighted by molar-refractivity contribution is -0.170. The molecule has 166 valence electrons. The first kappa shape index (κ1) is 23.2. The molecule has 0 bridgehead atoms. The summed E-state index contributed by atoms with van der Waals surface area (Å²) in [7, 11) is 0. The van der Waals surface area contributed by atoms with Crippen molar-refractivity contribution in [3.63, 3.8) is 0 Å². The van der Waals surface area contributed by atoms with Gasteiger partial charge < -0.3 is 19.9 Å². The van der Waals surface area contributed by atoms with E-state index in [4.69, 9.17) is 9.47 Å². The Bertz CT molecular complexity index is 804. The monoisotopic (exact) mass is 433 g/mol. The zero-order valence-electron chi connectivity index (χ0n) is 18.8. The molecule has 2 fully saturated rings. The van der Waals surface area contributed by atoms with Gasteiger partial charge in [0.05, 0.1) is 11.5 Å². The highest BCUT2D eigenvalue weighted by Gasteiger charge is 2.31. The molecule has 2 aliphatic rings. The summed E-state index contributed by atoms with van der Waals surface area (Å²) in [6.45, 7) is 12.3. The van der Waals surface area contributed by atoms with Gasteiger partial charge in [-0.2, -0.15) is 0 Å². The number of nitrogens with one attached hydrogen (secondary N) is 1. The third kappa shape index (κ3) is 5.59. The van der Waals surface area contributed by atoms with Crippen molar-refractivity contribution in [2.45, 2.75) is 71.0 Å². The van der Waals surface area contributed by atoms with E-state index in [-0.39, 0.29) is 17.6 Å². The van der Waals surface area contributed by atoms with Crippen LogP contribution in [-0.2, 0) is 25.1 Å². The van der Waals surface area contributed by atoms with Gasteiger partial charge in [-0.1, -0.05) is 34.6 Å². The third-order valence-electron chi connectivity index (χ3n) is 5.60. The molecule has 1 aromatic carbocycles. The van der Waals surface area contributed by atoms with Gasteiger partial charge in [-0.25, -0.2) is 0 Å². The average molecular weight is 434 g/mol. The topological polar surface area (TPSA) is 67.8 Å². The van der Waals surface area contributed by atoms with E-state index in [1.165, 1.54) is 0 Å². The first-order chi connectivity index (χ1) is 14.1. The third-order valence-corrected chi connectivity index (χ3v) is 6.63. The van der Waals surface area contributed by atoms with Gasteiger partial charge in [0.15, 0.2) is 6.29 Å². The van der Waals surface area contributed by atoms with Crippen molar-refractivity contribution in [2.24, 2.45) is 0 Å². The molecule has 2 aliphatic heterocycles. The van der Waals surface area contributed by atoms with Crippen molar-refractivity contribution in [1.82, 2.24) is 5.32 Å². The van der Waals surface area contributed by atoms with Crippen molar-refractivity contribution in [3.05, 3.63) is 33.7 Å². The number of carbonyl (C=O) groups is 1. The standard InChI is InChI=1S/C24H35NO4S/c1-23(2,3)17-12-16(14-19-22(27)25-9-11-30-19)13-18(21(17)26)24(4,5)15-29-20-8-6-7-10-28-20/h12-14,20,26H,6-11,15H2,1-5H3,(H,25,27). The van der Waals surface area contributed by atoms with Crippen LogP contribution in [0.1, 0.15) is 70.6 Å². The maximum absolute atomic E-state index is 12.2. The van der Waals surface area contributed by atoms with E-state index in [1.54, 1.807) is 11.8 Å². The number of rotatable bonds is 5. The number of hydrogen-bond acceptors (Lipinski definition) is 5. The molecule has 0 saturated carbocycles. The molecule has 0 radical (unpaired) electrons. The quantitative estimate of drug-likeness (QED) is 0.658. The molecule has 0 aliphatic carbocycles. The Balaban J connectivity index is 1.95. The Morgan fingerprint density at radius 3 is 2.60 bits per heavy atom. The van der Waals surface area contributed by atoms with E-state index < -0.39 is 5.41 Å². The Morgan fingerprint density at radius 1 is 1.23 bits per heavy atom. The van der Waals surface area contributed by atoms with Gasteiger partial charge >= 0.3 is 0 Å². The molecular weight excluding hydrogens is 398 g/mol. The lowest BCUT2D eigenvalue weighted by Crippen LogP contribution is -2.31. The fourth-order valence-corrected chi connectivity index (χ4v) is 4.63. The average Bonchev–Trinajstić information content (AvgIpc) is 2.69. The summed E-state index contributed by atoms with van der Waals surface area (Å²) in [5.74, 6) is 1.15. The van der Waals surface area contributed by atoms with Crippen LogP contribution in [0.25, 0.3) is 6.08 Å². The molecule has 0 aromatic heterocycles. The fraction of sp³-hybridized carbons (Fsp3) is 0.625. The molecule has 0 spiro atoms. The van der Waals surface area contributed by atoms with Crippen LogP contribution in [0.4, 0.5) is 0 Å². The van der Waals surface area contributed by atoms with Crippen LogP contribution in [0.2, 0.25) is 0 Å². The van der Waals surface area contributed by atoms with Gasteiger partial charge in [0.1, 0.15) is 5.75 Å². The van der Waals surface area contributed by atoms with Crippen molar-refractivity contribution in [2.75, 3.05) is 25.5 Å². The maximum atomic E-state index is 12.2. The number of ether oxygens (including phenoxy) is 2. The number of phenols is 1. The van der Waals surface area contributed by atoms with Crippen LogP contribution in [0.3, 0.4) is 0 Å². The van der Waals surface area contributed by atoms with E-state index in [2.05, 4.69) is 39.9 Å². The second-order valence-electron chi connectivity index (χ2n) is 9.82. The summed E-state index contributed by atoms with van der Waals surface area (Å²) in [6.07, 6.45) is 4.87. The van der Waals surface area contributed by atoms with Crippen LogP contribution in [0.15, 0.2) is 17.0 Å². The van der Waals surface area contributed by atoms with Crippen LogP contribution in [0, 0.1) is 0 Å². The molecule has 2 heterocycles. The molecule has 2 N–H and O–H groups in total. The summed E-state index contributed by atoms with van der Waals surface area (Å²) in [5.41, 5.74) is 1.98. The minimum Gasteiger partial charge on any atom is -0.507 e. The highest BCUT2D eigenvalue weighted by atomic mass is 32.2. The lowest BCUT2D eigenvalue weighted by Gasteiger charge is -2.32. The van der Waals surface area contributed by atoms with Crippen molar-refractivity contribution >= 4 is 23.7 Å². The second-order valence-corrected chi connectivity index (χ2v) is 11.0. The number of carbonyl (C=O) groups excluding carboxylic acids is 1. The smallest absolute Gasteiger partial charge is 0.257 e. The van der Waals surface area contributed by atoms with Gasteiger partial charge in [0, 0.05) is 35.4 Å². The predicted molar refractivity (Wildman–Crippen MR) is 123 cm³/mol. The molecular formula is C24H35NO4S. The zero-order chi connectivity index (χ0) is 21.9. The van der Waals surface area contributed by atoms with Gasteiger partial charge in [-0.05, 0) is 48.4 Å². The van der Waals surface area contributed by atoms with E-state index >= 15 is 0 Å². The summed E-state index contributed by atoms with van der Waals surface area (Å²) < 4.78 is 11.8. The van der Waals surface area contributed by atoms with Crippen LogP contribution in [0.5, 0.6) is 5.75 Å². The largest absolute Gasteiger partial charge is 0.507 e. The highest BCUT2D eigenvalue weighted by molar-refractivity contribution is 8.04. The van der Waals surface area contributed by atoms with E-state index in [9.17, 15) is 9.90 Å². The van der Waals surface area contributed by atoms with Crippen LogP contribution < -0.4 is 5.32 Å². The summed E-state index contributed by atoms with van der Waals surface area (Å²) in [5, 5.41) is 14.1. The number of hydrogen-bond donors (Lipinski definition) is 2. The van der Waals surface area contributed by atoms with Gasteiger partial charge in [0.25, 0.3) is 5.91 Å². The second kappa shape index (κ2) is 9.33. The molecule has 1 atom stereocenters. The molecule has 5 nitrogen and oxygen atoms in total. The van der Waals surface area contributed by atoms with Gasteiger partial charge in [-0.15, -0.1) is 11.8 Å². The highest BCUT2D eigenvalue weighted by Crippen LogP contribution is 2.41. The number of amides is 1. The Kier molecular flexibility index (Phi) is 7.20. The van der Waals surface area contributed by atoms with E-state index in [1.807, 2.05) is 18.2 Å². The van der Waals surface area contributed by atoms with Crippen molar-refractivity contribution in [3.8, 4) is 5.75 Å². The Morgan fingerprint density at radius 2 is 1.97 bits per heavy atom. The molecule has 2 saturated heterocycles. The van der Waals surface area contributed by atoms with E-state index in [0.717, 1.165) is 48.3 Å². The SMILES string of the molecule is CC(C)(C)c1cc(C=C2SCCNC2=O)cc(C(C)(C)COC2CCCCO2)c1O. The lowest BCUT2D eigenvalue weighted by atomic mass is 9.77. The summed E-state index contributed by atoms with van der Waals surface area (Å²) in [6, 6.07) is 3.99. The first-order valence-corrected chi connectivity index (χ1v) is 11.8. The van der Waals surface area contributed by atoms with Crippen molar-refractivity contribution in [1.29, 1.82) is 0 Å². The first-order valence-electron chi connectivity index (χ1n) is 10.8. The summed E-state index contributed by atoms with van der Waals surface area (Å²) >= 11 is 1.57. The number of phenolic OH excluding ortho intramolecular Hbond substituents is 1.